The highest BCUT2D eigenvalue weighted by atomic mass is 16.5. The first-order chi connectivity index (χ1) is 71.3. The Morgan fingerprint density at radius 2 is 0.403 bits per heavy atom. The summed E-state index contributed by atoms with van der Waals surface area (Å²) in [5.41, 5.74) is 35.5. The van der Waals surface area contributed by atoms with Gasteiger partial charge in [-0.2, -0.15) is 0 Å². The molecule has 1 aromatic heterocycles. The molecule has 10 nitrogen and oxygen atoms in total. The minimum atomic E-state index is 0.755. The van der Waals surface area contributed by atoms with Crippen LogP contribution in [0.3, 0.4) is 0 Å². The van der Waals surface area contributed by atoms with Crippen molar-refractivity contribution in [2.24, 2.45) is 0 Å². The maximum absolute atomic E-state index is 6.83. The number of benzene rings is 23. The molecule has 10 heteroatoms. The van der Waals surface area contributed by atoms with Crippen LogP contribution >= 0.6 is 0 Å². The third-order valence-electron chi connectivity index (χ3n) is 28.3. The van der Waals surface area contributed by atoms with Gasteiger partial charge in [-0.3, -0.25) is 14.7 Å². The van der Waals surface area contributed by atoms with Gasteiger partial charge in [0.1, 0.15) is 28.2 Å². The second-order valence-electron chi connectivity index (χ2n) is 36.9. The molecule has 6 aliphatic heterocycles. The second kappa shape index (κ2) is 34.3. The zero-order valence-electron chi connectivity index (χ0n) is 77.6. The van der Waals surface area contributed by atoms with Gasteiger partial charge in [0.25, 0.3) is 0 Å². The van der Waals surface area contributed by atoms with Gasteiger partial charge >= 0.3 is 0 Å². The zero-order chi connectivity index (χ0) is 94.8. The Bertz CT molecular complexity index is 9260. The van der Waals surface area contributed by atoms with Crippen LogP contribution in [-0.2, 0) is 0 Å². The van der Waals surface area contributed by atoms with Gasteiger partial charge in [-0.15, -0.1) is 0 Å². The van der Waals surface area contributed by atoms with Crippen molar-refractivity contribution < 1.29 is 32.8 Å². The number of para-hydroxylation sites is 7. The minimum Gasteiger partial charge on any atom is -0.456 e. The molecule has 0 unspecified atom stereocenters. The fraction of sp³-hybridized carbons (Fsp3) is 0. The molecule has 6 aliphatic rings. The summed E-state index contributed by atoms with van der Waals surface area (Å²) in [5, 5.41) is 7.15. The third-order valence-corrected chi connectivity index (χ3v) is 28.3. The lowest BCUT2D eigenvalue weighted by Crippen LogP contribution is -2.20. The van der Waals surface area contributed by atoms with E-state index in [9.17, 15) is 0 Å². The van der Waals surface area contributed by atoms with E-state index in [2.05, 4.69) is 445 Å². The van der Waals surface area contributed by atoms with Crippen molar-refractivity contribution in [2.45, 2.75) is 0 Å². The monoisotopic (exact) mass is 1850 g/mol. The smallest absolute Gasteiger partial charge is 0.156 e. The number of nitrogens with zero attached hydrogens (tertiary/aromatic N) is 3. The minimum absolute atomic E-state index is 0.755. The summed E-state index contributed by atoms with van der Waals surface area (Å²) in [7, 11) is 0. The van der Waals surface area contributed by atoms with Crippen LogP contribution in [0.4, 0.5) is 51.2 Å². The number of hydrogen-bond donors (Lipinski definition) is 0. The zero-order valence-corrected chi connectivity index (χ0v) is 77.6. The molecule has 0 aliphatic carbocycles. The molecule has 23 aromatic carbocycles. The van der Waals surface area contributed by atoms with Crippen LogP contribution < -0.4 is 43.1 Å². The standard InChI is InChI=1S/C52H33NO2.C42H25NO3.C40H25NO2/c1-2-11-38(12-3-1)44-14-6-7-15-45(44)39-25-22-37(23-26-39)43-32-50-52-51(33-43)55-49-31-42(28-29-47(49)53(52)46-16-8-9-17-48(46)54-50)36-20-18-35(19-21-36)41-27-24-34-10-4-5-13-40(34)30-41;1-2-9-26(10-3-1)27-17-19-28(20-18-27)30-24-39-42-40(25-30)46-38-23-29(21-22-34(38)43(42)33-13-5-7-15-36(33)45-39)31-12-8-16-37-41(31)32-11-4-6-14-35(32)44-37;1-2-9-26(10-3-1)27-17-19-28(20-18-27)31-24-38-40-39(25-31)43-37-23-30(33-14-8-12-29-11-4-5-13-32(29)33)21-22-35(37)41(40)34-15-6-7-16-36(34)42-38/h1-33H;1-25H;1-25H. The van der Waals surface area contributed by atoms with Gasteiger partial charge in [0.2, 0.25) is 0 Å². The summed E-state index contributed by atoms with van der Waals surface area (Å²) in [5.74, 6) is 9.45. The Balaban J connectivity index is 0.000000106. The Morgan fingerprint density at radius 1 is 0.132 bits per heavy atom. The van der Waals surface area contributed by atoms with Crippen LogP contribution in [0.1, 0.15) is 0 Å². The molecule has 24 aromatic rings. The predicted octanol–water partition coefficient (Wildman–Crippen LogP) is 38.6. The van der Waals surface area contributed by atoms with Gasteiger partial charge in [-0.25, -0.2) is 0 Å². The van der Waals surface area contributed by atoms with Crippen molar-refractivity contribution in [1.82, 2.24) is 0 Å². The van der Waals surface area contributed by atoms with Gasteiger partial charge in [0.15, 0.2) is 69.0 Å². The van der Waals surface area contributed by atoms with Crippen molar-refractivity contribution in [2.75, 3.05) is 14.7 Å². The van der Waals surface area contributed by atoms with E-state index in [4.69, 9.17) is 32.8 Å². The molecule has 0 amide bonds. The molecule has 0 saturated heterocycles. The van der Waals surface area contributed by atoms with Gasteiger partial charge in [-0.1, -0.05) is 376 Å². The molecule has 7 heterocycles. The van der Waals surface area contributed by atoms with Crippen LogP contribution in [0.2, 0.25) is 0 Å². The van der Waals surface area contributed by atoms with Crippen LogP contribution in [0, 0.1) is 0 Å². The van der Waals surface area contributed by atoms with Gasteiger partial charge < -0.3 is 32.8 Å². The highest BCUT2D eigenvalue weighted by Gasteiger charge is 2.40. The van der Waals surface area contributed by atoms with Crippen LogP contribution in [0.5, 0.6) is 69.0 Å². The first-order valence-electron chi connectivity index (χ1n) is 48.6. The van der Waals surface area contributed by atoms with Crippen molar-refractivity contribution >= 4 is 94.7 Å². The van der Waals surface area contributed by atoms with E-state index in [-0.39, 0.29) is 0 Å². The first-order valence-corrected chi connectivity index (χ1v) is 48.6. The molecular weight excluding hydrogens is 1760 g/mol. The summed E-state index contributed by atoms with van der Waals surface area (Å²) >= 11 is 0. The summed E-state index contributed by atoms with van der Waals surface area (Å²) < 4.78 is 46.2. The molecule has 0 N–H and O–H groups in total. The summed E-state index contributed by atoms with van der Waals surface area (Å²) in [6.45, 7) is 0. The van der Waals surface area contributed by atoms with E-state index in [1.807, 2.05) is 72.8 Å². The van der Waals surface area contributed by atoms with E-state index >= 15 is 0 Å². The lowest BCUT2D eigenvalue weighted by Gasteiger charge is -2.38. The maximum atomic E-state index is 6.83. The summed E-state index contributed by atoms with van der Waals surface area (Å²) in [6, 6.07) is 176. The van der Waals surface area contributed by atoms with E-state index in [1.165, 1.54) is 82.7 Å². The van der Waals surface area contributed by atoms with E-state index in [1.54, 1.807) is 0 Å². The highest BCUT2D eigenvalue weighted by Crippen LogP contribution is 2.66. The molecule has 144 heavy (non-hydrogen) atoms. The summed E-state index contributed by atoms with van der Waals surface area (Å²) in [6.07, 6.45) is 0. The van der Waals surface area contributed by atoms with E-state index < -0.39 is 0 Å². The fourth-order valence-electron chi connectivity index (χ4n) is 21.4. The Hall–Kier alpha value is -19.4. The van der Waals surface area contributed by atoms with Crippen molar-refractivity contribution in [3.05, 3.63) is 504 Å². The van der Waals surface area contributed by atoms with Crippen molar-refractivity contribution in [3.8, 4) is 191 Å². The molecule has 0 saturated carbocycles. The number of fused-ring (bicyclic) bond motifs is 17. The third kappa shape index (κ3) is 14.5. The SMILES string of the molecule is c1ccc(-c2ccc(-c3cc4c5c(c3)Oc3cc(-c6cccc7ccccc67)ccc3N5c3ccccc3O4)cc2)cc1.c1ccc(-c2ccc(-c3cc4c5c(c3)Oc3cc(-c6cccc7oc8ccccc8c67)ccc3N5c3ccccc3O4)cc2)cc1.c1ccc(-c2ccccc2-c2ccc(-c3cc4c5c(c3)Oc3cc(-c6ccc(-c7ccc8ccccc8c7)cc6)ccc3N5c3ccccc3O4)cc2)cc1. The average Bonchev–Trinajstić information content (AvgIpc) is 1.11. The van der Waals surface area contributed by atoms with Crippen molar-refractivity contribution in [1.29, 1.82) is 0 Å². The molecule has 30 rings (SSSR count). The molecule has 0 bridgehead atoms. The summed E-state index contributed by atoms with van der Waals surface area (Å²) in [4.78, 5) is 6.82. The quantitative estimate of drug-likeness (QED) is 0.125. The molecule has 676 valence electrons. The second-order valence-corrected chi connectivity index (χ2v) is 36.9. The van der Waals surface area contributed by atoms with Crippen molar-refractivity contribution in [3.63, 3.8) is 0 Å². The number of furan rings is 1. The fourth-order valence-corrected chi connectivity index (χ4v) is 21.4. The highest BCUT2D eigenvalue weighted by molar-refractivity contribution is 6.13. The van der Waals surface area contributed by atoms with E-state index in [0.29, 0.717) is 0 Å². The normalized spacial score (nSPS) is 12.5. The molecular formula is C134H83N3O7. The number of rotatable bonds is 11. The van der Waals surface area contributed by atoms with Crippen LogP contribution in [0.25, 0.3) is 166 Å². The van der Waals surface area contributed by atoms with E-state index in [0.717, 1.165) is 203 Å². The number of ether oxygens (including phenoxy) is 6. The van der Waals surface area contributed by atoms with Gasteiger partial charge in [0.05, 0.1) is 34.1 Å². The lowest BCUT2D eigenvalue weighted by molar-refractivity contribution is 0.446. The first kappa shape index (κ1) is 82.8. The van der Waals surface area contributed by atoms with Crippen LogP contribution in [0.15, 0.2) is 508 Å². The average molecular weight is 1850 g/mol. The molecule has 0 spiro atoms. The van der Waals surface area contributed by atoms with Gasteiger partial charge in [-0.05, 0) is 271 Å². The lowest BCUT2D eigenvalue weighted by atomic mass is 9.93. The molecule has 0 atom stereocenters. The number of hydrogen-bond acceptors (Lipinski definition) is 10. The molecule has 0 radical (unpaired) electrons. The Morgan fingerprint density at radius 3 is 0.875 bits per heavy atom. The van der Waals surface area contributed by atoms with Crippen LogP contribution in [-0.4, -0.2) is 0 Å². The largest absolute Gasteiger partial charge is 0.456 e. The Kier molecular flexibility index (Phi) is 19.7. The maximum Gasteiger partial charge on any atom is 0.156 e. The Labute approximate surface area is 831 Å². The van der Waals surface area contributed by atoms with Gasteiger partial charge in [0, 0.05) is 10.8 Å². The molecule has 0 fully saturated rings. The predicted molar refractivity (Wildman–Crippen MR) is 586 cm³/mol. The number of anilines is 9. The topological polar surface area (TPSA) is 78.2 Å².